The van der Waals surface area contributed by atoms with Gasteiger partial charge in [-0.25, -0.2) is 0 Å². The summed E-state index contributed by atoms with van der Waals surface area (Å²) in [6.45, 7) is 2.00. The summed E-state index contributed by atoms with van der Waals surface area (Å²) in [4.78, 5) is 11.8. The number of aryl methyl sites for hydroxylation is 2. The molecule has 0 aliphatic heterocycles. The number of methoxy groups -OCH3 is 1. The number of aliphatic hydroxyl groups is 1. The lowest BCUT2D eigenvalue weighted by Crippen LogP contribution is -2.35. The van der Waals surface area contributed by atoms with Crippen molar-refractivity contribution in [3.05, 3.63) is 11.4 Å². The van der Waals surface area contributed by atoms with E-state index in [1.165, 1.54) is 11.8 Å². The molecule has 0 bridgehead atoms. The van der Waals surface area contributed by atoms with Crippen LogP contribution in [0.15, 0.2) is 0 Å². The summed E-state index contributed by atoms with van der Waals surface area (Å²) in [7, 11) is 3.12. The molecule has 1 aromatic heterocycles. The van der Waals surface area contributed by atoms with Crippen molar-refractivity contribution in [2.45, 2.75) is 13.0 Å². The summed E-state index contributed by atoms with van der Waals surface area (Å²) >= 11 is 0. The lowest BCUT2D eigenvalue weighted by molar-refractivity contribution is 0.0608. The van der Waals surface area contributed by atoms with E-state index < -0.39 is 6.10 Å². The first-order chi connectivity index (χ1) is 7.97. The number of anilines is 1. The Balaban J connectivity index is 2.64. The van der Waals surface area contributed by atoms with Crippen LogP contribution < -0.4 is 11.1 Å². The van der Waals surface area contributed by atoms with Gasteiger partial charge >= 0.3 is 0 Å². The van der Waals surface area contributed by atoms with Crippen LogP contribution in [-0.2, 0) is 11.8 Å². The number of ether oxygens (including phenoxy) is 1. The largest absolute Gasteiger partial charge is 0.395 e. The van der Waals surface area contributed by atoms with Crippen molar-refractivity contribution >= 4 is 11.6 Å². The molecule has 1 heterocycles. The molecule has 96 valence electrons. The third kappa shape index (κ3) is 3.18. The number of aliphatic hydroxyl groups excluding tert-OH is 1. The van der Waals surface area contributed by atoms with Gasteiger partial charge < -0.3 is 20.9 Å². The number of aromatic nitrogens is 2. The van der Waals surface area contributed by atoms with Crippen molar-refractivity contribution in [3.8, 4) is 0 Å². The van der Waals surface area contributed by atoms with Gasteiger partial charge in [-0.05, 0) is 6.92 Å². The zero-order valence-corrected chi connectivity index (χ0v) is 10.2. The SMILES string of the molecule is COCC(O)CNC(=O)c1c(N)c(C)nn1C. The Labute approximate surface area is 99.6 Å². The quantitative estimate of drug-likeness (QED) is 0.617. The second-order valence-corrected chi connectivity index (χ2v) is 3.79. The minimum atomic E-state index is -0.737. The van der Waals surface area contributed by atoms with Gasteiger partial charge in [0, 0.05) is 20.7 Å². The monoisotopic (exact) mass is 242 g/mol. The van der Waals surface area contributed by atoms with Gasteiger partial charge in [-0.1, -0.05) is 0 Å². The molecule has 1 amide bonds. The Morgan fingerprint density at radius 2 is 2.35 bits per heavy atom. The van der Waals surface area contributed by atoms with Crippen molar-refractivity contribution in [1.82, 2.24) is 15.1 Å². The summed E-state index contributed by atoms with van der Waals surface area (Å²) in [5.74, 6) is -0.360. The fraction of sp³-hybridized carbons (Fsp3) is 0.600. The van der Waals surface area contributed by atoms with Crippen LogP contribution in [0, 0.1) is 6.92 Å². The molecule has 1 rings (SSSR count). The molecule has 0 spiro atoms. The summed E-state index contributed by atoms with van der Waals surface area (Å²) in [5.41, 5.74) is 7.00. The van der Waals surface area contributed by atoms with Crippen LogP contribution in [0.3, 0.4) is 0 Å². The fourth-order valence-electron chi connectivity index (χ4n) is 1.49. The standard InChI is InChI=1S/C10H18N4O3/c1-6-8(11)9(14(2)13-6)10(16)12-4-7(15)5-17-3/h7,15H,4-5,11H2,1-3H3,(H,12,16). The average molecular weight is 242 g/mol. The first-order valence-electron chi connectivity index (χ1n) is 5.21. The van der Waals surface area contributed by atoms with Gasteiger partial charge in [0.1, 0.15) is 5.69 Å². The van der Waals surface area contributed by atoms with Crippen LogP contribution in [-0.4, -0.2) is 47.2 Å². The van der Waals surface area contributed by atoms with E-state index in [0.717, 1.165) is 0 Å². The maximum absolute atomic E-state index is 11.8. The lowest BCUT2D eigenvalue weighted by atomic mass is 10.3. The van der Waals surface area contributed by atoms with Crippen LogP contribution >= 0.6 is 0 Å². The van der Waals surface area contributed by atoms with Crippen molar-refractivity contribution in [2.24, 2.45) is 7.05 Å². The van der Waals surface area contributed by atoms with Gasteiger partial charge in [0.15, 0.2) is 0 Å². The fourth-order valence-corrected chi connectivity index (χ4v) is 1.49. The van der Waals surface area contributed by atoms with E-state index in [0.29, 0.717) is 17.1 Å². The van der Waals surface area contributed by atoms with Gasteiger partial charge in [0.25, 0.3) is 5.91 Å². The van der Waals surface area contributed by atoms with Gasteiger partial charge in [-0.3, -0.25) is 9.48 Å². The third-order valence-electron chi connectivity index (χ3n) is 2.34. The van der Waals surface area contributed by atoms with Gasteiger partial charge in [-0.2, -0.15) is 5.10 Å². The van der Waals surface area contributed by atoms with Crippen LogP contribution in [0.25, 0.3) is 0 Å². The first kappa shape index (κ1) is 13.5. The highest BCUT2D eigenvalue weighted by Crippen LogP contribution is 2.14. The molecule has 7 heteroatoms. The number of rotatable bonds is 5. The highest BCUT2D eigenvalue weighted by atomic mass is 16.5. The number of nitrogens with zero attached hydrogens (tertiary/aromatic N) is 2. The number of carbonyl (C=O) groups excluding carboxylic acids is 1. The molecule has 0 aliphatic carbocycles. The third-order valence-corrected chi connectivity index (χ3v) is 2.34. The van der Waals surface area contributed by atoms with Crippen molar-refractivity contribution < 1.29 is 14.6 Å². The topological polar surface area (TPSA) is 102 Å². The second-order valence-electron chi connectivity index (χ2n) is 3.79. The van der Waals surface area contributed by atoms with E-state index in [1.54, 1.807) is 14.0 Å². The minimum absolute atomic E-state index is 0.107. The Bertz CT molecular complexity index is 403. The zero-order chi connectivity index (χ0) is 13.0. The number of nitrogen functional groups attached to an aromatic ring is 1. The second kappa shape index (κ2) is 5.65. The van der Waals surface area contributed by atoms with Gasteiger partial charge in [0.2, 0.25) is 0 Å². The zero-order valence-electron chi connectivity index (χ0n) is 10.2. The smallest absolute Gasteiger partial charge is 0.271 e. The molecule has 0 saturated carbocycles. The van der Waals surface area contributed by atoms with E-state index in [4.69, 9.17) is 10.5 Å². The molecule has 0 aromatic carbocycles. The van der Waals surface area contributed by atoms with E-state index in [2.05, 4.69) is 10.4 Å². The number of nitrogens with one attached hydrogen (secondary N) is 1. The molecule has 4 N–H and O–H groups in total. The number of hydrogen-bond acceptors (Lipinski definition) is 5. The van der Waals surface area contributed by atoms with Crippen molar-refractivity contribution in [2.75, 3.05) is 26.0 Å². The summed E-state index contributed by atoms with van der Waals surface area (Å²) in [6.07, 6.45) is -0.737. The Hall–Kier alpha value is -1.60. The predicted octanol–water partition coefficient (Wildman–Crippen LogP) is -0.952. The number of hydrogen-bond donors (Lipinski definition) is 3. The molecule has 0 aliphatic rings. The van der Waals surface area contributed by atoms with Gasteiger partial charge in [-0.15, -0.1) is 0 Å². The Kier molecular flexibility index (Phi) is 4.47. The molecule has 17 heavy (non-hydrogen) atoms. The molecular weight excluding hydrogens is 224 g/mol. The molecule has 0 saturated heterocycles. The molecule has 7 nitrogen and oxygen atoms in total. The van der Waals surface area contributed by atoms with Crippen molar-refractivity contribution in [3.63, 3.8) is 0 Å². The van der Waals surface area contributed by atoms with Crippen LogP contribution in [0.5, 0.6) is 0 Å². The van der Waals surface area contributed by atoms with Crippen LogP contribution in [0.2, 0.25) is 0 Å². The minimum Gasteiger partial charge on any atom is -0.395 e. The number of amides is 1. The average Bonchev–Trinajstić information content (AvgIpc) is 2.50. The predicted molar refractivity (Wildman–Crippen MR) is 62.6 cm³/mol. The van der Waals surface area contributed by atoms with E-state index in [-0.39, 0.29) is 19.1 Å². The number of nitrogens with two attached hydrogens (primary N) is 1. The van der Waals surface area contributed by atoms with E-state index in [9.17, 15) is 9.90 Å². The van der Waals surface area contributed by atoms with E-state index in [1.807, 2.05) is 0 Å². The lowest BCUT2D eigenvalue weighted by Gasteiger charge is -2.11. The van der Waals surface area contributed by atoms with Gasteiger partial charge in [0.05, 0.1) is 24.1 Å². The maximum atomic E-state index is 11.8. The summed E-state index contributed by atoms with van der Waals surface area (Å²) in [6, 6.07) is 0. The van der Waals surface area contributed by atoms with E-state index >= 15 is 0 Å². The molecule has 1 unspecified atom stereocenters. The summed E-state index contributed by atoms with van der Waals surface area (Å²) in [5, 5.41) is 16.0. The Morgan fingerprint density at radius 3 is 2.82 bits per heavy atom. The normalized spacial score (nSPS) is 12.5. The molecule has 0 fully saturated rings. The molecule has 0 radical (unpaired) electrons. The highest BCUT2D eigenvalue weighted by molar-refractivity contribution is 5.97. The number of carbonyl (C=O) groups is 1. The van der Waals surface area contributed by atoms with Crippen molar-refractivity contribution in [1.29, 1.82) is 0 Å². The summed E-state index contributed by atoms with van der Waals surface area (Å²) < 4.78 is 6.17. The molecular formula is C10H18N4O3. The maximum Gasteiger partial charge on any atom is 0.271 e. The highest BCUT2D eigenvalue weighted by Gasteiger charge is 2.18. The van der Waals surface area contributed by atoms with Crippen LogP contribution in [0.1, 0.15) is 16.2 Å². The Morgan fingerprint density at radius 1 is 1.71 bits per heavy atom. The molecule has 1 aromatic rings. The molecule has 1 atom stereocenters. The van der Waals surface area contributed by atoms with Crippen LogP contribution in [0.4, 0.5) is 5.69 Å². The first-order valence-corrected chi connectivity index (χ1v) is 5.21.